The summed E-state index contributed by atoms with van der Waals surface area (Å²) in [6.45, 7) is 6.71. The fourth-order valence-corrected chi connectivity index (χ4v) is 4.06. The molecule has 31 heavy (non-hydrogen) atoms. The molecule has 0 saturated heterocycles. The van der Waals surface area contributed by atoms with Crippen LogP contribution in [0, 0.1) is 23.0 Å². The van der Waals surface area contributed by atoms with Gasteiger partial charge in [0.2, 0.25) is 0 Å². The molecule has 2 unspecified atom stereocenters. The number of hydrogen-bond donors (Lipinski definition) is 2. The molecular formula is C24H28F2N2O3. The van der Waals surface area contributed by atoms with E-state index in [0.717, 1.165) is 37.5 Å². The van der Waals surface area contributed by atoms with Crippen molar-refractivity contribution in [2.45, 2.75) is 52.6 Å². The average molecular weight is 430 g/mol. The molecule has 2 aromatic carbocycles. The van der Waals surface area contributed by atoms with Crippen molar-refractivity contribution < 1.29 is 23.1 Å². The summed E-state index contributed by atoms with van der Waals surface area (Å²) in [4.78, 5) is 24.1. The highest BCUT2D eigenvalue weighted by molar-refractivity contribution is 6.08. The molecule has 2 N–H and O–H groups in total. The van der Waals surface area contributed by atoms with Gasteiger partial charge in [0, 0.05) is 11.6 Å². The summed E-state index contributed by atoms with van der Waals surface area (Å²) in [5.74, 6) is -2.06. The normalized spacial score (nSPS) is 18.9. The van der Waals surface area contributed by atoms with Gasteiger partial charge in [-0.15, -0.1) is 0 Å². The van der Waals surface area contributed by atoms with E-state index in [9.17, 15) is 18.4 Å². The summed E-state index contributed by atoms with van der Waals surface area (Å²) in [7, 11) is 0. The van der Waals surface area contributed by atoms with Crippen LogP contribution in [-0.4, -0.2) is 18.0 Å². The van der Waals surface area contributed by atoms with Crippen LogP contribution in [0.15, 0.2) is 42.5 Å². The first kappa shape index (κ1) is 22.7. The molecule has 0 bridgehead atoms. The maximum absolute atomic E-state index is 13.7. The average Bonchev–Trinajstić information content (AvgIpc) is 2.69. The lowest BCUT2D eigenvalue weighted by molar-refractivity contribution is 0.0281. The van der Waals surface area contributed by atoms with E-state index in [1.54, 1.807) is 24.3 Å². The fourth-order valence-electron chi connectivity index (χ4n) is 4.06. The Morgan fingerprint density at radius 1 is 0.968 bits per heavy atom. The predicted octanol–water partition coefficient (Wildman–Crippen LogP) is 5.91. The van der Waals surface area contributed by atoms with Crippen molar-refractivity contribution in [3.05, 3.63) is 59.7 Å². The van der Waals surface area contributed by atoms with E-state index in [2.05, 4.69) is 26.1 Å². The number of benzene rings is 2. The molecule has 0 aliphatic heterocycles. The second kappa shape index (κ2) is 9.45. The van der Waals surface area contributed by atoms with Crippen LogP contribution in [0.1, 0.15) is 56.8 Å². The zero-order valence-corrected chi connectivity index (χ0v) is 18.0. The van der Waals surface area contributed by atoms with Crippen LogP contribution in [0.2, 0.25) is 0 Å². The minimum absolute atomic E-state index is 0.143. The summed E-state index contributed by atoms with van der Waals surface area (Å²) >= 11 is 0. The van der Waals surface area contributed by atoms with Crippen molar-refractivity contribution in [1.29, 1.82) is 0 Å². The van der Waals surface area contributed by atoms with Crippen LogP contribution in [0.4, 0.5) is 19.3 Å². The second-order valence-corrected chi connectivity index (χ2v) is 8.94. The molecule has 7 heteroatoms. The Morgan fingerprint density at radius 2 is 1.58 bits per heavy atom. The van der Waals surface area contributed by atoms with Gasteiger partial charge < -0.3 is 10.1 Å². The zero-order chi connectivity index (χ0) is 22.6. The SMILES string of the molecule is CC(C)(C)C1CCCCC1Oc1ccc(NC(=O)NC(=O)c2c(F)cccc2F)cc1. The number of halogens is 2. The maximum atomic E-state index is 13.7. The highest BCUT2D eigenvalue weighted by atomic mass is 19.1. The van der Waals surface area contributed by atoms with Crippen LogP contribution < -0.4 is 15.4 Å². The number of carbonyl (C=O) groups excluding carboxylic acids is 2. The topological polar surface area (TPSA) is 67.4 Å². The molecule has 2 atom stereocenters. The van der Waals surface area contributed by atoms with Gasteiger partial charge in [-0.2, -0.15) is 0 Å². The van der Waals surface area contributed by atoms with Gasteiger partial charge in [-0.05, 0) is 61.1 Å². The number of ether oxygens (including phenoxy) is 1. The molecule has 5 nitrogen and oxygen atoms in total. The highest BCUT2D eigenvalue weighted by Gasteiger charge is 2.35. The number of hydrogen-bond acceptors (Lipinski definition) is 3. The molecule has 166 valence electrons. The van der Waals surface area contributed by atoms with Crippen molar-refractivity contribution in [2.75, 3.05) is 5.32 Å². The smallest absolute Gasteiger partial charge is 0.326 e. The van der Waals surface area contributed by atoms with E-state index in [0.29, 0.717) is 17.4 Å². The number of amides is 3. The van der Waals surface area contributed by atoms with E-state index in [4.69, 9.17) is 4.74 Å². The Labute approximate surface area is 181 Å². The van der Waals surface area contributed by atoms with Gasteiger partial charge in [0.25, 0.3) is 5.91 Å². The summed E-state index contributed by atoms with van der Waals surface area (Å²) < 4.78 is 33.6. The van der Waals surface area contributed by atoms with Gasteiger partial charge in [-0.3, -0.25) is 10.1 Å². The lowest BCUT2D eigenvalue weighted by atomic mass is 9.70. The van der Waals surface area contributed by atoms with Gasteiger partial charge in [0.05, 0.1) is 0 Å². The van der Waals surface area contributed by atoms with E-state index < -0.39 is 29.1 Å². The van der Waals surface area contributed by atoms with Crippen LogP contribution >= 0.6 is 0 Å². The first-order valence-corrected chi connectivity index (χ1v) is 10.5. The number of nitrogens with one attached hydrogen (secondary N) is 2. The summed E-state index contributed by atoms with van der Waals surface area (Å²) in [5, 5.41) is 4.40. The van der Waals surface area contributed by atoms with Crippen molar-refractivity contribution in [3.63, 3.8) is 0 Å². The molecule has 0 aromatic heterocycles. The Bertz CT molecular complexity index is 919. The van der Waals surface area contributed by atoms with Gasteiger partial charge in [0.1, 0.15) is 29.1 Å². The Hall–Kier alpha value is -2.96. The molecule has 0 radical (unpaired) electrons. The monoisotopic (exact) mass is 430 g/mol. The molecule has 3 amide bonds. The van der Waals surface area contributed by atoms with Crippen molar-refractivity contribution >= 4 is 17.6 Å². The highest BCUT2D eigenvalue weighted by Crippen LogP contribution is 2.39. The second-order valence-electron chi connectivity index (χ2n) is 8.94. The van der Waals surface area contributed by atoms with Crippen molar-refractivity contribution in [1.82, 2.24) is 5.32 Å². The van der Waals surface area contributed by atoms with Crippen LogP contribution in [-0.2, 0) is 0 Å². The molecule has 3 rings (SSSR count). The molecule has 1 fully saturated rings. The molecule has 0 heterocycles. The molecular weight excluding hydrogens is 402 g/mol. The van der Waals surface area contributed by atoms with E-state index >= 15 is 0 Å². The van der Waals surface area contributed by atoms with E-state index in [-0.39, 0.29) is 11.5 Å². The summed E-state index contributed by atoms with van der Waals surface area (Å²) in [5.41, 5.74) is -0.223. The summed E-state index contributed by atoms with van der Waals surface area (Å²) in [6, 6.07) is 8.96. The quantitative estimate of drug-likeness (QED) is 0.634. The molecule has 1 aliphatic rings. The Kier molecular flexibility index (Phi) is 6.93. The first-order valence-electron chi connectivity index (χ1n) is 10.5. The van der Waals surface area contributed by atoms with Gasteiger partial charge >= 0.3 is 6.03 Å². The molecule has 1 saturated carbocycles. The van der Waals surface area contributed by atoms with Crippen LogP contribution in [0.25, 0.3) is 0 Å². The molecule has 0 spiro atoms. The van der Waals surface area contributed by atoms with Crippen LogP contribution in [0.5, 0.6) is 5.75 Å². The number of carbonyl (C=O) groups is 2. The zero-order valence-electron chi connectivity index (χ0n) is 18.0. The minimum Gasteiger partial charge on any atom is -0.490 e. The number of imide groups is 1. The minimum atomic E-state index is -1.15. The molecule has 2 aromatic rings. The largest absolute Gasteiger partial charge is 0.490 e. The first-order chi connectivity index (χ1) is 14.6. The Morgan fingerprint density at radius 3 is 2.19 bits per heavy atom. The third kappa shape index (κ3) is 5.81. The van der Waals surface area contributed by atoms with Crippen molar-refractivity contribution in [3.8, 4) is 5.75 Å². The van der Waals surface area contributed by atoms with Gasteiger partial charge in [-0.25, -0.2) is 13.6 Å². The third-order valence-electron chi connectivity index (χ3n) is 5.63. The summed E-state index contributed by atoms with van der Waals surface area (Å²) in [6.07, 6.45) is 4.66. The van der Waals surface area contributed by atoms with Crippen LogP contribution in [0.3, 0.4) is 0 Å². The van der Waals surface area contributed by atoms with Crippen molar-refractivity contribution in [2.24, 2.45) is 11.3 Å². The lowest BCUT2D eigenvalue weighted by Crippen LogP contribution is -2.38. The number of anilines is 1. The van der Waals surface area contributed by atoms with Gasteiger partial charge in [-0.1, -0.05) is 33.3 Å². The third-order valence-corrected chi connectivity index (χ3v) is 5.63. The standard InChI is InChI=1S/C24H28F2N2O3/c1-24(2,3)17-7-4-5-10-20(17)31-16-13-11-15(12-14-16)27-23(30)28-22(29)21-18(25)8-6-9-19(21)26/h6,8-9,11-14,17,20H,4-5,7,10H2,1-3H3,(H2,27,28,29,30). The fraction of sp³-hybridized carbons (Fsp3) is 0.417. The Balaban J connectivity index is 1.59. The van der Waals surface area contributed by atoms with Gasteiger partial charge in [0.15, 0.2) is 0 Å². The number of urea groups is 1. The maximum Gasteiger partial charge on any atom is 0.326 e. The van der Waals surface area contributed by atoms with E-state index in [1.807, 2.05) is 5.32 Å². The molecule has 1 aliphatic carbocycles. The number of rotatable bonds is 4. The predicted molar refractivity (Wildman–Crippen MR) is 115 cm³/mol. The lowest BCUT2D eigenvalue weighted by Gasteiger charge is -2.40. The van der Waals surface area contributed by atoms with E-state index in [1.165, 1.54) is 6.42 Å².